The van der Waals surface area contributed by atoms with Crippen molar-refractivity contribution in [3.63, 3.8) is 0 Å². The van der Waals surface area contributed by atoms with Gasteiger partial charge in [-0.2, -0.15) is 0 Å². The normalized spacial score (nSPS) is 20.6. The van der Waals surface area contributed by atoms with E-state index < -0.39 is 0 Å². The number of halogens is 1. The fraction of sp³-hybridized carbons (Fsp3) is 0.600. The van der Waals surface area contributed by atoms with Gasteiger partial charge in [0.25, 0.3) is 0 Å². The van der Waals surface area contributed by atoms with Crippen LogP contribution in [0.2, 0.25) is 0 Å². The highest BCUT2D eigenvalue weighted by Crippen LogP contribution is 2.48. The highest BCUT2D eigenvalue weighted by atomic mass is 79.9. The van der Waals surface area contributed by atoms with E-state index in [1.165, 1.54) is 17.5 Å². The Morgan fingerprint density at radius 1 is 1.21 bits per heavy atom. The summed E-state index contributed by atoms with van der Waals surface area (Å²) in [5.74, 6) is 1.75. The SMILES string of the molecule is CCc1c(C2(N)CCC2)cc(Br)c2c1OCCCO2. The van der Waals surface area contributed by atoms with Crippen LogP contribution in [0.1, 0.15) is 43.7 Å². The molecule has 1 aromatic carbocycles. The Hall–Kier alpha value is -0.740. The van der Waals surface area contributed by atoms with Gasteiger partial charge in [-0.05, 0) is 53.2 Å². The van der Waals surface area contributed by atoms with Crippen LogP contribution in [0.4, 0.5) is 0 Å². The zero-order valence-corrected chi connectivity index (χ0v) is 12.9. The van der Waals surface area contributed by atoms with Crippen molar-refractivity contribution in [1.29, 1.82) is 0 Å². The lowest BCUT2D eigenvalue weighted by molar-refractivity contribution is 0.249. The number of hydrogen-bond donors (Lipinski definition) is 1. The van der Waals surface area contributed by atoms with Crippen molar-refractivity contribution >= 4 is 15.9 Å². The molecule has 1 aliphatic heterocycles. The second-order valence-electron chi connectivity index (χ2n) is 5.46. The first-order chi connectivity index (χ1) is 9.15. The second kappa shape index (κ2) is 4.98. The lowest BCUT2D eigenvalue weighted by Gasteiger charge is -2.40. The molecule has 0 aromatic heterocycles. The molecule has 0 amide bonds. The summed E-state index contributed by atoms with van der Waals surface area (Å²) in [6, 6.07) is 2.14. The van der Waals surface area contributed by atoms with E-state index in [9.17, 15) is 0 Å². The number of benzene rings is 1. The molecule has 2 aliphatic rings. The van der Waals surface area contributed by atoms with Crippen LogP contribution in [-0.4, -0.2) is 13.2 Å². The highest BCUT2D eigenvalue weighted by molar-refractivity contribution is 9.10. The lowest BCUT2D eigenvalue weighted by atomic mass is 9.71. The van der Waals surface area contributed by atoms with Crippen LogP contribution in [0.5, 0.6) is 11.5 Å². The molecule has 0 radical (unpaired) electrons. The van der Waals surface area contributed by atoms with Crippen molar-refractivity contribution in [1.82, 2.24) is 0 Å². The average Bonchev–Trinajstić information content (AvgIpc) is 2.62. The molecule has 0 spiro atoms. The fourth-order valence-corrected chi connectivity index (χ4v) is 3.49. The van der Waals surface area contributed by atoms with Gasteiger partial charge < -0.3 is 15.2 Å². The monoisotopic (exact) mass is 325 g/mol. The van der Waals surface area contributed by atoms with Crippen molar-refractivity contribution in [2.45, 2.75) is 44.6 Å². The predicted octanol–water partition coefficient (Wildman–Crippen LogP) is 3.51. The van der Waals surface area contributed by atoms with Gasteiger partial charge in [0.05, 0.1) is 17.7 Å². The first-order valence-electron chi connectivity index (χ1n) is 7.06. The van der Waals surface area contributed by atoms with E-state index in [2.05, 4.69) is 28.9 Å². The zero-order valence-electron chi connectivity index (χ0n) is 11.3. The number of fused-ring (bicyclic) bond motifs is 1. The molecule has 104 valence electrons. The van der Waals surface area contributed by atoms with Gasteiger partial charge in [0.1, 0.15) is 0 Å². The molecule has 3 nitrogen and oxygen atoms in total. The quantitative estimate of drug-likeness (QED) is 0.904. The van der Waals surface area contributed by atoms with Gasteiger partial charge in [0.2, 0.25) is 0 Å². The molecule has 1 fully saturated rings. The third kappa shape index (κ3) is 2.15. The van der Waals surface area contributed by atoms with E-state index in [4.69, 9.17) is 15.2 Å². The van der Waals surface area contributed by atoms with E-state index in [-0.39, 0.29) is 5.54 Å². The Kier molecular flexibility index (Phi) is 3.48. The topological polar surface area (TPSA) is 44.5 Å². The lowest BCUT2D eigenvalue weighted by Crippen LogP contribution is -2.44. The number of rotatable bonds is 2. The van der Waals surface area contributed by atoms with Crippen LogP contribution in [0.3, 0.4) is 0 Å². The number of nitrogens with two attached hydrogens (primary N) is 1. The summed E-state index contributed by atoms with van der Waals surface area (Å²) in [5, 5.41) is 0. The molecule has 0 bridgehead atoms. The second-order valence-corrected chi connectivity index (χ2v) is 6.31. The van der Waals surface area contributed by atoms with Crippen molar-refractivity contribution in [3.05, 3.63) is 21.7 Å². The van der Waals surface area contributed by atoms with Gasteiger partial charge in [-0.3, -0.25) is 0 Å². The molecule has 0 saturated heterocycles. The van der Waals surface area contributed by atoms with Crippen LogP contribution < -0.4 is 15.2 Å². The number of hydrogen-bond acceptors (Lipinski definition) is 3. The van der Waals surface area contributed by atoms with Crippen molar-refractivity contribution in [2.75, 3.05) is 13.2 Å². The minimum Gasteiger partial charge on any atom is -0.489 e. The van der Waals surface area contributed by atoms with Crippen LogP contribution in [0.15, 0.2) is 10.5 Å². The third-order valence-corrected chi connectivity index (χ3v) is 4.80. The first kappa shape index (κ1) is 13.3. The van der Waals surface area contributed by atoms with Crippen molar-refractivity contribution < 1.29 is 9.47 Å². The van der Waals surface area contributed by atoms with E-state index >= 15 is 0 Å². The molecule has 19 heavy (non-hydrogen) atoms. The Balaban J connectivity index is 2.15. The van der Waals surface area contributed by atoms with Gasteiger partial charge >= 0.3 is 0 Å². The maximum absolute atomic E-state index is 6.52. The van der Waals surface area contributed by atoms with Crippen molar-refractivity contribution in [2.24, 2.45) is 5.73 Å². The predicted molar refractivity (Wildman–Crippen MR) is 78.8 cm³/mol. The van der Waals surface area contributed by atoms with Crippen LogP contribution >= 0.6 is 15.9 Å². The van der Waals surface area contributed by atoms with Gasteiger partial charge in [-0.25, -0.2) is 0 Å². The summed E-state index contributed by atoms with van der Waals surface area (Å²) in [6.45, 7) is 3.58. The van der Waals surface area contributed by atoms with E-state index in [1.807, 2.05) is 0 Å². The Bertz CT molecular complexity index is 497. The van der Waals surface area contributed by atoms with Gasteiger partial charge in [-0.15, -0.1) is 0 Å². The summed E-state index contributed by atoms with van der Waals surface area (Å²) in [4.78, 5) is 0. The van der Waals surface area contributed by atoms with E-state index in [1.54, 1.807) is 0 Å². The Labute approximate surface area is 122 Å². The Morgan fingerprint density at radius 3 is 2.47 bits per heavy atom. The molecule has 1 saturated carbocycles. The summed E-state index contributed by atoms with van der Waals surface area (Å²) in [5.41, 5.74) is 8.81. The molecular formula is C15H20BrNO2. The maximum Gasteiger partial charge on any atom is 0.175 e. The molecular weight excluding hydrogens is 306 g/mol. The summed E-state index contributed by atoms with van der Waals surface area (Å²) >= 11 is 3.62. The molecule has 1 heterocycles. The first-order valence-corrected chi connectivity index (χ1v) is 7.85. The smallest absolute Gasteiger partial charge is 0.175 e. The minimum absolute atomic E-state index is 0.168. The maximum atomic E-state index is 6.52. The molecule has 1 aliphatic carbocycles. The van der Waals surface area contributed by atoms with Crippen LogP contribution in [0.25, 0.3) is 0 Å². The average molecular weight is 326 g/mol. The van der Waals surface area contributed by atoms with Crippen LogP contribution in [-0.2, 0) is 12.0 Å². The molecule has 3 rings (SSSR count). The largest absolute Gasteiger partial charge is 0.489 e. The Morgan fingerprint density at radius 2 is 1.89 bits per heavy atom. The molecule has 0 unspecified atom stereocenters. The van der Waals surface area contributed by atoms with Crippen LogP contribution in [0, 0.1) is 0 Å². The van der Waals surface area contributed by atoms with Crippen molar-refractivity contribution in [3.8, 4) is 11.5 Å². The minimum atomic E-state index is -0.168. The summed E-state index contributed by atoms with van der Waals surface area (Å²) in [7, 11) is 0. The molecule has 0 atom stereocenters. The third-order valence-electron chi connectivity index (χ3n) is 4.21. The van der Waals surface area contributed by atoms with Gasteiger partial charge in [-0.1, -0.05) is 6.92 Å². The van der Waals surface area contributed by atoms with E-state index in [0.29, 0.717) is 13.2 Å². The van der Waals surface area contributed by atoms with Gasteiger partial charge in [0, 0.05) is 17.5 Å². The zero-order chi connectivity index (χ0) is 13.5. The standard InChI is InChI=1S/C15H20BrNO2/c1-2-10-11(15(17)5-3-6-15)9-12(16)14-13(10)18-7-4-8-19-14/h9H,2-8,17H2,1H3. The summed E-state index contributed by atoms with van der Waals surface area (Å²) in [6.07, 6.45) is 5.19. The van der Waals surface area contributed by atoms with Gasteiger partial charge in [0.15, 0.2) is 11.5 Å². The number of ether oxygens (including phenoxy) is 2. The molecule has 2 N–H and O–H groups in total. The fourth-order valence-electron chi connectivity index (χ4n) is 2.96. The molecule has 1 aromatic rings. The molecule has 4 heteroatoms. The summed E-state index contributed by atoms with van der Waals surface area (Å²) < 4.78 is 12.7. The highest BCUT2D eigenvalue weighted by Gasteiger charge is 2.38. The van der Waals surface area contributed by atoms with E-state index in [0.717, 1.165) is 41.7 Å².